The second-order valence-corrected chi connectivity index (χ2v) is 16.2. The molecule has 0 aromatic heterocycles. The fourth-order valence-electron chi connectivity index (χ4n) is 8.49. The fourth-order valence-corrected chi connectivity index (χ4v) is 11.7. The molecule has 0 radical (unpaired) electrons. The molecule has 0 aliphatic carbocycles. The molecule has 7 heteroatoms. The number of anilines is 9. The summed E-state index contributed by atoms with van der Waals surface area (Å²) in [7, 11) is 0. The molecule has 7 aromatic carbocycles. The molecular weight excluding hydrogens is 653 g/mol. The van der Waals surface area contributed by atoms with Crippen LogP contribution in [0, 0.1) is 0 Å². The van der Waals surface area contributed by atoms with Crippen LogP contribution in [0.4, 0.5) is 51.2 Å². The highest BCUT2D eigenvalue weighted by Crippen LogP contribution is 2.59. The molecule has 3 nitrogen and oxygen atoms in total. The van der Waals surface area contributed by atoms with Crippen molar-refractivity contribution in [1.29, 1.82) is 0 Å². The van der Waals surface area contributed by atoms with Crippen molar-refractivity contribution >= 4 is 110 Å². The van der Waals surface area contributed by atoms with Crippen LogP contribution in [0.5, 0.6) is 0 Å². The van der Waals surface area contributed by atoms with Crippen LogP contribution in [0.25, 0.3) is 0 Å². The van der Waals surface area contributed by atoms with Crippen LogP contribution >= 0.6 is 35.3 Å². The van der Waals surface area contributed by atoms with E-state index in [1.165, 1.54) is 96.9 Å². The minimum Gasteiger partial charge on any atom is -0.309 e. The van der Waals surface area contributed by atoms with Gasteiger partial charge in [-0.05, 0) is 89.2 Å². The number of hydrogen-bond acceptors (Lipinski definition) is 6. The van der Waals surface area contributed by atoms with Crippen molar-refractivity contribution in [2.75, 3.05) is 14.7 Å². The summed E-state index contributed by atoms with van der Waals surface area (Å²) in [6.07, 6.45) is 0. The first-order chi connectivity index (χ1) is 24.3. The van der Waals surface area contributed by atoms with Gasteiger partial charge in [-0.3, -0.25) is 0 Å². The molecule has 0 bridgehead atoms. The van der Waals surface area contributed by atoms with Crippen molar-refractivity contribution in [3.63, 3.8) is 0 Å². The van der Waals surface area contributed by atoms with Gasteiger partial charge in [0.05, 0.1) is 39.8 Å². The summed E-state index contributed by atoms with van der Waals surface area (Å²) in [6, 6.07) is 54.3. The lowest BCUT2D eigenvalue weighted by molar-refractivity contribution is 1.13. The highest BCUT2D eigenvalue weighted by molar-refractivity contribution is 8.00. The average molecular weight is 678 g/mol. The van der Waals surface area contributed by atoms with E-state index in [2.05, 4.69) is 160 Å². The number of hydrogen-bond donors (Lipinski definition) is 0. The highest BCUT2D eigenvalue weighted by atomic mass is 32.2. The van der Waals surface area contributed by atoms with E-state index < -0.39 is 0 Å². The van der Waals surface area contributed by atoms with Gasteiger partial charge in [0.15, 0.2) is 0 Å². The molecule has 12 rings (SSSR count). The molecule has 49 heavy (non-hydrogen) atoms. The van der Waals surface area contributed by atoms with Crippen molar-refractivity contribution in [2.24, 2.45) is 0 Å². The zero-order valence-corrected chi connectivity index (χ0v) is 28.4. The van der Waals surface area contributed by atoms with Gasteiger partial charge < -0.3 is 14.7 Å². The lowest BCUT2D eigenvalue weighted by Crippen LogP contribution is -2.62. The second kappa shape index (κ2) is 9.82. The summed E-state index contributed by atoms with van der Waals surface area (Å²) < 4.78 is 0. The fraction of sp³-hybridized carbons (Fsp3) is 0. The number of para-hydroxylation sites is 6. The molecule has 0 spiro atoms. The van der Waals surface area contributed by atoms with Crippen LogP contribution in [0.2, 0.25) is 0 Å². The first kappa shape index (κ1) is 26.9. The van der Waals surface area contributed by atoms with E-state index >= 15 is 0 Å². The van der Waals surface area contributed by atoms with Gasteiger partial charge in [0.2, 0.25) is 0 Å². The Hall–Kier alpha value is -4.95. The van der Waals surface area contributed by atoms with Gasteiger partial charge in [-0.1, -0.05) is 108 Å². The van der Waals surface area contributed by atoms with Gasteiger partial charge in [-0.15, -0.1) is 0 Å². The van der Waals surface area contributed by atoms with Crippen LogP contribution in [0.3, 0.4) is 0 Å². The van der Waals surface area contributed by atoms with Gasteiger partial charge in [0.25, 0.3) is 6.71 Å². The Labute approximate surface area is 297 Å². The van der Waals surface area contributed by atoms with Gasteiger partial charge in [-0.25, -0.2) is 0 Å². The summed E-state index contributed by atoms with van der Waals surface area (Å²) >= 11 is 5.65. The maximum absolute atomic E-state index is 2.57. The monoisotopic (exact) mass is 677 g/mol. The summed E-state index contributed by atoms with van der Waals surface area (Å²) in [5, 5.41) is 0. The van der Waals surface area contributed by atoms with Crippen LogP contribution in [0.15, 0.2) is 175 Å². The second-order valence-electron chi connectivity index (χ2n) is 12.9. The molecule has 5 aliphatic rings. The van der Waals surface area contributed by atoms with Crippen LogP contribution in [-0.2, 0) is 0 Å². The zero-order valence-electron chi connectivity index (χ0n) is 26.0. The number of benzene rings is 7. The summed E-state index contributed by atoms with van der Waals surface area (Å²) in [5.41, 5.74) is 15.4. The molecule has 0 atom stereocenters. The lowest BCUT2D eigenvalue weighted by Gasteiger charge is -2.48. The minimum absolute atomic E-state index is 0.115. The van der Waals surface area contributed by atoms with Crippen molar-refractivity contribution in [3.05, 3.63) is 146 Å². The maximum atomic E-state index is 2.57. The Bertz CT molecular complexity index is 2430. The number of fused-ring (bicyclic) bond motifs is 10. The SMILES string of the molecule is c1ccc2c(c1)Sc1ccccc1N2c1cc2c3c(c1)N1c4ccccc4Sc4cccc(c41)B3c1cccc3c1N2c1ccccc1S3. The van der Waals surface area contributed by atoms with Crippen molar-refractivity contribution in [2.45, 2.75) is 29.4 Å². The van der Waals surface area contributed by atoms with Gasteiger partial charge in [-0.2, -0.15) is 0 Å². The van der Waals surface area contributed by atoms with E-state index in [0.717, 1.165) is 0 Å². The number of rotatable bonds is 1. The topological polar surface area (TPSA) is 9.72 Å². The molecular formula is C42H24BN3S3. The van der Waals surface area contributed by atoms with Gasteiger partial charge >= 0.3 is 0 Å². The van der Waals surface area contributed by atoms with Gasteiger partial charge in [0.1, 0.15) is 0 Å². The zero-order chi connectivity index (χ0) is 31.8. The average Bonchev–Trinajstić information content (AvgIpc) is 3.15. The molecule has 5 heterocycles. The Kier molecular flexibility index (Phi) is 5.40. The first-order valence-corrected chi connectivity index (χ1v) is 19.0. The Morgan fingerprint density at radius 1 is 0.347 bits per heavy atom. The molecule has 0 fully saturated rings. The van der Waals surface area contributed by atoms with E-state index in [9.17, 15) is 0 Å². The number of nitrogens with zero attached hydrogens (tertiary/aromatic N) is 3. The third kappa shape index (κ3) is 3.55. The summed E-state index contributed by atoms with van der Waals surface area (Å²) in [4.78, 5) is 15.4. The standard InChI is InChI=1S/C42H24BN3S3/c1-5-17-34-28(13-1)44(29-14-2-6-18-35(29)47-34)25-23-32-40-33(24-25)46-31-16-4-8-20-37(31)49-39-22-10-12-27(42(39)46)43(40)26-11-9-21-38-41(26)45(32)30-15-3-7-19-36(30)48-38/h1-24H. The van der Waals surface area contributed by atoms with E-state index in [-0.39, 0.29) is 6.71 Å². The molecule has 5 aliphatic heterocycles. The third-order valence-electron chi connectivity index (χ3n) is 10.4. The molecule has 0 saturated carbocycles. The minimum atomic E-state index is 0.115. The van der Waals surface area contributed by atoms with Crippen LogP contribution in [0.1, 0.15) is 0 Å². The molecule has 0 saturated heterocycles. The predicted octanol–water partition coefficient (Wildman–Crippen LogP) is 10.6. The van der Waals surface area contributed by atoms with E-state index in [0.29, 0.717) is 0 Å². The van der Waals surface area contributed by atoms with Crippen LogP contribution < -0.4 is 31.1 Å². The quantitative estimate of drug-likeness (QED) is 0.159. The van der Waals surface area contributed by atoms with Gasteiger partial charge in [0, 0.05) is 40.7 Å². The molecule has 0 amide bonds. The summed E-state index contributed by atoms with van der Waals surface area (Å²) in [5.74, 6) is 0. The maximum Gasteiger partial charge on any atom is 0.252 e. The van der Waals surface area contributed by atoms with E-state index in [4.69, 9.17) is 0 Å². The largest absolute Gasteiger partial charge is 0.309 e. The molecule has 228 valence electrons. The van der Waals surface area contributed by atoms with Crippen molar-refractivity contribution in [1.82, 2.24) is 0 Å². The van der Waals surface area contributed by atoms with E-state index in [1.54, 1.807) is 0 Å². The summed E-state index contributed by atoms with van der Waals surface area (Å²) in [6.45, 7) is 0.115. The molecule has 7 aromatic rings. The Morgan fingerprint density at radius 2 is 0.714 bits per heavy atom. The molecule has 0 unspecified atom stereocenters. The smallest absolute Gasteiger partial charge is 0.252 e. The lowest BCUT2D eigenvalue weighted by atomic mass is 9.33. The van der Waals surface area contributed by atoms with E-state index in [1.807, 2.05) is 35.3 Å². The normalized spacial score (nSPS) is 14.9. The van der Waals surface area contributed by atoms with Crippen molar-refractivity contribution in [3.8, 4) is 0 Å². The highest BCUT2D eigenvalue weighted by Gasteiger charge is 2.47. The Balaban J connectivity index is 1.23. The predicted molar refractivity (Wildman–Crippen MR) is 208 cm³/mol. The van der Waals surface area contributed by atoms with Crippen molar-refractivity contribution < 1.29 is 0 Å². The molecule has 0 N–H and O–H groups in total. The first-order valence-electron chi connectivity index (χ1n) is 16.6. The Morgan fingerprint density at radius 3 is 1.16 bits per heavy atom. The van der Waals surface area contributed by atoms with Crippen LogP contribution in [-0.4, -0.2) is 6.71 Å². The third-order valence-corrected chi connectivity index (χ3v) is 13.7.